The molecule has 0 radical (unpaired) electrons. The number of hydrogen-bond acceptors (Lipinski definition) is 1. The molecule has 2 rings (SSSR count). The lowest BCUT2D eigenvalue weighted by atomic mass is 10.0. The Morgan fingerprint density at radius 2 is 1.65 bits per heavy atom. The van der Waals surface area contributed by atoms with Crippen LogP contribution >= 0.6 is 15.9 Å². The molecule has 0 bridgehead atoms. The molecule has 0 N–H and O–H groups in total. The second kappa shape index (κ2) is 5.75. The molecule has 0 aliphatic rings. The van der Waals surface area contributed by atoms with E-state index in [9.17, 15) is 22.4 Å². The molecule has 20 heavy (non-hydrogen) atoms. The molecule has 104 valence electrons. The van der Waals surface area contributed by atoms with Gasteiger partial charge < -0.3 is 0 Å². The topological polar surface area (TPSA) is 17.1 Å². The number of hydrogen-bond donors (Lipinski definition) is 0. The van der Waals surface area contributed by atoms with E-state index < -0.39 is 34.6 Å². The summed E-state index contributed by atoms with van der Waals surface area (Å²) in [7, 11) is 0. The van der Waals surface area contributed by atoms with E-state index in [4.69, 9.17) is 0 Å². The first-order valence-corrected chi connectivity index (χ1v) is 6.30. The standard InChI is InChI=1S/C14H7BrF4O/c15-12-7(2-1-3-9(12)16)6-11(20)8-4-5-10(17)14(19)13(8)18/h1-5H,6H2. The molecule has 0 heterocycles. The van der Waals surface area contributed by atoms with E-state index >= 15 is 0 Å². The zero-order chi connectivity index (χ0) is 14.9. The van der Waals surface area contributed by atoms with Gasteiger partial charge in [0.15, 0.2) is 23.2 Å². The van der Waals surface area contributed by atoms with Gasteiger partial charge in [-0.1, -0.05) is 12.1 Å². The molecular formula is C14H7BrF4O. The van der Waals surface area contributed by atoms with Gasteiger partial charge in [-0.15, -0.1) is 0 Å². The van der Waals surface area contributed by atoms with E-state index in [1.165, 1.54) is 18.2 Å². The second-order valence-electron chi connectivity index (χ2n) is 4.04. The summed E-state index contributed by atoms with van der Waals surface area (Å²) in [4.78, 5) is 11.9. The van der Waals surface area contributed by atoms with Gasteiger partial charge >= 0.3 is 0 Å². The third-order valence-corrected chi connectivity index (χ3v) is 3.61. The maximum atomic E-state index is 13.5. The third kappa shape index (κ3) is 2.75. The zero-order valence-electron chi connectivity index (χ0n) is 9.89. The lowest BCUT2D eigenvalue weighted by Gasteiger charge is -2.06. The Hall–Kier alpha value is -1.69. The molecule has 0 amide bonds. The number of rotatable bonds is 3. The molecule has 2 aromatic rings. The van der Waals surface area contributed by atoms with Crippen molar-refractivity contribution in [3.63, 3.8) is 0 Å². The van der Waals surface area contributed by atoms with E-state index in [0.29, 0.717) is 11.6 Å². The number of carbonyl (C=O) groups excluding carboxylic acids is 1. The van der Waals surface area contributed by atoms with Gasteiger partial charge in [0.25, 0.3) is 0 Å². The number of carbonyl (C=O) groups is 1. The normalized spacial score (nSPS) is 10.7. The van der Waals surface area contributed by atoms with Crippen molar-refractivity contribution in [1.29, 1.82) is 0 Å². The summed E-state index contributed by atoms with van der Waals surface area (Å²) in [6.07, 6.45) is -0.333. The first-order chi connectivity index (χ1) is 9.41. The van der Waals surface area contributed by atoms with Crippen molar-refractivity contribution in [2.75, 3.05) is 0 Å². The summed E-state index contributed by atoms with van der Waals surface area (Å²) in [5.41, 5.74) is -0.279. The van der Waals surface area contributed by atoms with Crippen molar-refractivity contribution in [2.45, 2.75) is 6.42 Å². The summed E-state index contributed by atoms with van der Waals surface area (Å²) in [5, 5.41) is 0. The molecule has 1 nitrogen and oxygen atoms in total. The summed E-state index contributed by atoms with van der Waals surface area (Å²) in [5.74, 6) is -5.95. The molecular weight excluding hydrogens is 340 g/mol. The van der Waals surface area contributed by atoms with E-state index in [1.807, 2.05) is 0 Å². The van der Waals surface area contributed by atoms with E-state index in [2.05, 4.69) is 15.9 Å². The largest absolute Gasteiger partial charge is 0.294 e. The molecule has 0 aliphatic heterocycles. The molecule has 0 spiro atoms. The average molecular weight is 347 g/mol. The Bertz CT molecular complexity index is 685. The Balaban J connectivity index is 2.34. The van der Waals surface area contributed by atoms with Crippen molar-refractivity contribution in [3.8, 4) is 0 Å². The highest BCUT2D eigenvalue weighted by Crippen LogP contribution is 2.23. The van der Waals surface area contributed by atoms with Gasteiger partial charge in [-0.3, -0.25) is 4.79 Å². The molecule has 0 unspecified atom stereocenters. The minimum atomic E-state index is -1.70. The molecule has 0 aromatic heterocycles. The van der Waals surface area contributed by atoms with Gasteiger partial charge in [-0.2, -0.15) is 0 Å². The second-order valence-corrected chi connectivity index (χ2v) is 4.83. The van der Waals surface area contributed by atoms with Crippen LogP contribution in [-0.2, 0) is 6.42 Å². The first kappa shape index (κ1) is 14.7. The van der Waals surface area contributed by atoms with Crippen molar-refractivity contribution in [3.05, 3.63) is 69.2 Å². The SMILES string of the molecule is O=C(Cc1cccc(F)c1Br)c1ccc(F)c(F)c1F. The van der Waals surface area contributed by atoms with Crippen molar-refractivity contribution in [1.82, 2.24) is 0 Å². The molecule has 0 fully saturated rings. The minimum absolute atomic E-state index is 0.0799. The zero-order valence-corrected chi connectivity index (χ0v) is 11.5. The highest BCUT2D eigenvalue weighted by Gasteiger charge is 2.20. The van der Waals surface area contributed by atoms with Crippen LogP contribution in [-0.4, -0.2) is 5.78 Å². The molecule has 0 aliphatic carbocycles. The molecule has 0 saturated carbocycles. The number of Topliss-reactive ketones (excluding diaryl/α,β-unsaturated/α-hetero) is 1. The quantitative estimate of drug-likeness (QED) is 0.456. The monoisotopic (exact) mass is 346 g/mol. The van der Waals surface area contributed by atoms with E-state index in [1.54, 1.807) is 0 Å². The van der Waals surface area contributed by atoms with Crippen LogP contribution < -0.4 is 0 Å². The predicted molar refractivity (Wildman–Crippen MR) is 68.5 cm³/mol. The van der Waals surface area contributed by atoms with Gasteiger partial charge in [-0.05, 0) is 39.7 Å². The summed E-state index contributed by atoms with van der Waals surface area (Å²) in [6.45, 7) is 0. The van der Waals surface area contributed by atoms with Crippen LogP contribution in [0.15, 0.2) is 34.8 Å². The van der Waals surface area contributed by atoms with Crippen molar-refractivity contribution in [2.24, 2.45) is 0 Å². The molecule has 0 atom stereocenters. The maximum Gasteiger partial charge on any atom is 0.195 e. The minimum Gasteiger partial charge on any atom is -0.294 e. The smallest absolute Gasteiger partial charge is 0.195 e. The lowest BCUT2D eigenvalue weighted by Crippen LogP contribution is -2.09. The van der Waals surface area contributed by atoms with Gasteiger partial charge in [-0.25, -0.2) is 17.6 Å². The first-order valence-electron chi connectivity index (χ1n) is 5.51. The summed E-state index contributed by atoms with van der Waals surface area (Å²) in [6, 6.07) is 5.60. The Morgan fingerprint density at radius 1 is 0.950 bits per heavy atom. The van der Waals surface area contributed by atoms with Crippen LogP contribution in [0.2, 0.25) is 0 Å². The van der Waals surface area contributed by atoms with Crippen LogP contribution in [0.3, 0.4) is 0 Å². The van der Waals surface area contributed by atoms with Gasteiger partial charge in [0.05, 0.1) is 10.0 Å². The maximum absolute atomic E-state index is 13.5. The number of ketones is 1. The van der Waals surface area contributed by atoms with Crippen LogP contribution in [0.4, 0.5) is 17.6 Å². The van der Waals surface area contributed by atoms with E-state index in [-0.39, 0.29) is 10.9 Å². The molecule has 2 aromatic carbocycles. The van der Waals surface area contributed by atoms with Crippen LogP contribution in [0.25, 0.3) is 0 Å². The third-order valence-electron chi connectivity index (χ3n) is 2.72. The average Bonchev–Trinajstić information content (AvgIpc) is 2.41. The summed E-state index contributed by atoms with van der Waals surface area (Å²) < 4.78 is 52.7. The fraction of sp³-hybridized carbons (Fsp3) is 0.0714. The van der Waals surface area contributed by atoms with Crippen molar-refractivity contribution >= 4 is 21.7 Å². The Kier molecular flexibility index (Phi) is 4.23. The van der Waals surface area contributed by atoms with Crippen LogP contribution in [0.5, 0.6) is 0 Å². The van der Waals surface area contributed by atoms with Gasteiger partial charge in [0.1, 0.15) is 5.82 Å². The van der Waals surface area contributed by atoms with Gasteiger partial charge in [0.2, 0.25) is 0 Å². The van der Waals surface area contributed by atoms with Crippen LogP contribution in [0.1, 0.15) is 15.9 Å². The lowest BCUT2D eigenvalue weighted by molar-refractivity contribution is 0.0987. The highest BCUT2D eigenvalue weighted by molar-refractivity contribution is 9.10. The highest BCUT2D eigenvalue weighted by atomic mass is 79.9. The number of benzene rings is 2. The Morgan fingerprint density at radius 3 is 2.35 bits per heavy atom. The number of halogens is 5. The van der Waals surface area contributed by atoms with Gasteiger partial charge in [0, 0.05) is 6.42 Å². The fourth-order valence-corrected chi connectivity index (χ4v) is 2.10. The molecule has 0 saturated heterocycles. The van der Waals surface area contributed by atoms with E-state index in [0.717, 1.165) is 6.07 Å². The van der Waals surface area contributed by atoms with Crippen molar-refractivity contribution < 1.29 is 22.4 Å². The fourth-order valence-electron chi connectivity index (χ4n) is 1.69. The predicted octanol–water partition coefficient (Wildman–Crippen LogP) is 4.43. The van der Waals surface area contributed by atoms with Crippen LogP contribution in [0, 0.1) is 23.3 Å². The summed E-state index contributed by atoms with van der Waals surface area (Å²) >= 11 is 2.97. The Labute approximate surface area is 120 Å². The molecule has 6 heteroatoms.